The molecule has 0 bridgehead atoms. The molecular formula is C23H23N3O4S. The van der Waals surface area contributed by atoms with Crippen LogP contribution in [0.4, 0.5) is 0 Å². The first-order chi connectivity index (χ1) is 15.1. The summed E-state index contributed by atoms with van der Waals surface area (Å²) >= 11 is 1.46. The van der Waals surface area contributed by atoms with Gasteiger partial charge in [0.2, 0.25) is 0 Å². The second-order valence-corrected chi connectivity index (χ2v) is 8.10. The van der Waals surface area contributed by atoms with Crippen molar-refractivity contribution in [3.05, 3.63) is 76.5 Å². The van der Waals surface area contributed by atoms with Crippen molar-refractivity contribution in [2.75, 3.05) is 13.2 Å². The number of rotatable bonds is 8. The summed E-state index contributed by atoms with van der Waals surface area (Å²) in [6.07, 6.45) is 5.94. The van der Waals surface area contributed by atoms with Crippen molar-refractivity contribution in [1.82, 2.24) is 14.5 Å². The largest absolute Gasteiger partial charge is 0.507 e. The van der Waals surface area contributed by atoms with E-state index in [-0.39, 0.29) is 11.3 Å². The average Bonchev–Trinajstić information content (AvgIpc) is 3.52. The van der Waals surface area contributed by atoms with Crippen LogP contribution >= 0.6 is 11.3 Å². The molecule has 1 N–H and O–H groups in total. The second kappa shape index (κ2) is 9.18. The average molecular weight is 438 g/mol. The summed E-state index contributed by atoms with van der Waals surface area (Å²) in [4.78, 5) is 32.3. The Kier molecular flexibility index (Phi) is 6.18. The molecule has 1 aromatic carbocycles. The van der Waals surface area contributed by atoms with Gasteiger partial charge >= 0.3 is 0 Å². The Hall–Kier alpha value is -3.39. The number of nitrogens with zero attached hydrogens (tertiary/aromatic N) is 3. The van der Waals surface area contributed by atoms with E-state index in [9.17, 15) is 14.7 Å². The van der Waals surface area contributed by atoms with Crippen LogP contribution in [0.2, 0.25) is 0 Å². The number of aryl methyl sites for hydroxylation is 1. The van der Waals surface area contributed by atoms with Crippen LogP contribution in [-0.4, -0.2) is 44.4 Å². The molecule has 4 rings (SSSR count). The lowest BCUT2D eigenvalue weighted by Crippen LogP contribution is -2.31. The Morgan fingerprint density at radius 3 is 2.81 bits per heavy atom. The van der Waals surface area contributed by atoms with E-state index in [1.54, 1.807) is 41.7 Å². The summed E-state index contributed by atoms with van der Waals surface area (Å²) < 4.78 is 7.44. The van der Waals surface area contributed by atoms with Crippen molar-refractivity contribution in [2.45, 2.75) is 25.9 Å². The van der Waals surface area contributed by atoms with E-state index in [4.69, 9.17) is 4.74 Å². The van der Waals surface area contributed by atoms with Crippen LogP contribution in [0, 0.1) is 0 Å². The first kappa shape index (κ1) is 20.9. The highest BCUT2D eigenvalue weighted by molar-refractivity contribution is 7.10. The van der Waals surface area contributed by atoms with Crippen molar-refractivity contribution in [3.8, 4) is 5.75 Å². The minimum Gasteiger partial charge on any atom is -0.507 e. The summed E-state index contributed by atoms with van der Waals surface area (Å²) in [5.74, 6) is -0.851. The maximum Gasteiger partial charge on any atom is 0.295 e. The fraction of sp³-hybridized carbons (Fsp3) is 0.261. The first-order valence-electron chi connectivity index (χ1n) is 10.1. The lowest BCUT2D eigenvalue weighted by molar-refractivity contribution is -0.139. The lowest BCUT2D eigenvalue weighted by atomic mass is 9.99. The van der Waals surface area contributed by atoms with Gasteiger partial charge in [0.05, 0.1) is 24.5 Å². The van der Waals surface area contributed by atoms with Gasteiger partial charge in [-0.05, 0) is 36.9 Å². The van der Waals surface area contributed by atoms with E-state index < -0.39 is 17.7 Å². The van der Waals surface area contributed by atoms with Crippen LogP contribution in [-0.2, 0) is 16.1 Å². The molecule has 3 aromatic rings. The Balaban J connectivity index is 1.68. The van der Waals surface area contributed by atoms with Crippen LogP contribution < -0.4 is 4.74 Å². The maximum atomic E-state index is 13.0. The van der Waals surface area contributed by atoms with Gasteiger partial charge < -0.3 is 19.3 Å². The van der Waals surface area contributed by atoms with Gasteiger partial charge in [0, 0.05) is 35.9 Å². The summed E-state index contributed by atoms with van der Waals surface area (Å²) in [5.41, 5.74) is 0.563. The van der Waals surface area contributed by atoms with Gasteiger partial charge in [-0.15, -0.1) is 11.3 Å². The molecule has 3 heterocycles. The number of ketones is 1. The topological polar surface area (TPSA) is 84.7 Å². The predicted molar refractivity (Wildman–Crippen MR) is 118 cm³/mol. The molecule has 8 heteroatoms. The van der Waals surface area contributed by atoms with Crippen molar-refractivity contribution < 1.29 is 19.4 Å². The predicted octanol–water partition coefficient (Wildman–Crippen LogP) is 3.86. The maximum absolute atomic E-state index is 13.0. The number of amides is 1. The Bertz CT molecular complexity index is 1090. The van der Waals surface area contributed by atoms with E-state index in [1.807, 2.05) is 35.2 Å². The fourth-order valence-corrected chi connectivity index (χ4v) is 4.60. The minimum atomic E-state index is -0.666. The fourth-order valence-electron chi connectivity index (χ4n) is 3.75. The molecule has 7 nitrogen and oxygen atoms in total. The van der Waals surface area contributed by atoms with E-state index >= 15 is 0 Å². The number of likely N-dealkylation sites (tertiary alicyclic amines) is 1. The molecule has 0 unspecified atom stereocenters. The summed E-state index contributed by atoms with van der Waals surface area (Å²) in [5, 5.41) is 13.0. The Labute approximate surface area is 184 Å². The molecule has 1 amide bonds. The molecule has 31 heavy (non-hydrogen) atoms. The third kappa shape index (κ3) is 4.25. The standard InChI is InChI=1S/C23H23N3O4S/c1-2-30-17-7-3-6-16(14-17)21(27)19-20(18-8-4-13-31-18)26(23(29)22(19)28)11-5-10-25-12-9-24-15-25/h3-4,6-9,12-15,20,27H,2,5,10-11H2,1H3/t20-/m1/s1. The summed E-state index contributed by atoms with van der Waals surface area (Å²) in [6, 6.07) is 10.1. The number of aliphatic hydroxyl groups is 1. The zero-order valence-corrected chi connectivity index (χ0v) is 17.9. The van der Waals surface area contributed by atoms with Crippen LogP contribution in [0.15, 0.2) is 66.1 Å². The number of hydrogen-bond donors (Lipinski definition) is 1. The molecule has 0 aliphatic carbocycles. The third-order valence-corrected chi connectivity index (χ3v) is 6.07. The normalized spacial score (nSPS) is 18.0. The minimum absolute atomic E-state index is 0.115. The number of aliphatic hydroxyl groups excluding tert-OH is 1. The zero-order valence-electron chi connectivity index (χ0n) is 17.1. The zero-order chi connectivity index (χ0) is 21.8. The Morgan fingerprint density at radius 1 is 1.23 bits per heavy atom. The molecule has 1 aliphatic heterocycles. The van der Waals surface area contributed by atoms with E-state index in [1.165, 1.54) is 11.3 Å². The van der Waals surface area contributed by atoms with Gasteiger partial charge in [0.25, 0.3) is 11.7 Å². The van der Waals surface area contributed by atoms with Crippen molar-refractivity contribution in [1.29, 1.82) is 0 Å². The lowest BCUT2D eigenvalue weighted by Gasteiger charge is -2.24. The van der Waals surface area contributed by atoms with Crippen LogP contribution in [0.25, 0.3) is 5.76 Å². The number of benzene rings is 1. The van der Waals surface area contributed by atoms with Crippen molar-refractivity contribution >= 4 is 28.8 Å². The molecule has 0 saturated carbocycles. The van der Waals surface area contributed by atoms with E-state index in [0.717, 1.165) is 4.88 Å². The molecule has 160 valence electrons. The second-order valence-electron chi connectivity index (χ2n) is 7.12. The Morgan fingerprint density at radius 2 is 2.10 bits per heavy atom. The number of ether oxygens (including phenoxy) is 1. The van der Waals surface area contributed by atoms with Crippen molar-refractivity contribution in [3.63, 3.8) is 0 Å². The van der Waals surface area contributed by atoms with E-state index in [2.05, 4.69) is 4.98 Å². The third-order valence-electron chi connectivity index (χ3n) is 5.15. The van der Waals surface area contributed by atoms with Gasteiger partial charge in [-0.2, -0.15) is 0 Å². The number of hydrogen-bond acceptors (Lipinski definition) is 6. The number of thiophene rings is 1. The first-order valence-corrected chi connectivity index (χ1v) is 11.0. The smallest absolute Gasteiger partial charge is 0.295 e. The number of carbonyl (C=O) groups excluding carboxylic acids is 2. The van der Waals surface area contributed by atoms with E-state index in [0.29, 0.717) is 37.4 Å². The monoisotopic (exact) mass is 437 g/mol. The number of imidazole rings is 1. The molecule has 1 aliphatic rings. The number of aromatic nitrogens is 2. The molecule has 2 aromatic heterocycles. The summed E-state index contributed by atoms with van der Waals surface area (Å²) in [7, 11) is 0. The number of carbonyl (C=O) groups is 2. The van der Waals surface area contributed by atoms with Gasteiger partial charge in [0.1, 0.15) is 11.5 Å². The molecule has 1 atom stereocenters. The molecule has 0 radical (unpaired) electrons. The van der Waals surface area contributed by atoms with Gasteiger partial charge in [-0.3, -0.25) is 9.59 Å². The van der Waals surface area contributed by atoms with Crippen LogP contribution in [0.3, 0.4) is 0 Å². The molecule has 0 spiro atoms. The summed E-state index contributed by atoms with van der Waals surface area (Å²) in [6.45, 7) is 3.43. The SMILES string of the molecule is CCOc1cccc(C(O)=C2C(=O)C(=O)N(CCCn3ccnc3)[C@@H]2c2cccs2)c1. The number of Topliss-reactive ketones (excluding diaryl/α,β-unsaturated/α-hetero) is 1. The van der Waals surface area contributed by atoms with Gasteiger partial charge in [-0.1, -0.05) is 18.2 Å². The molecule has 1 fully saturated rings. The highest BCUT2D eigenvalue weighted by atomic mass is 32.1. The highest BCUT2D eigenvalue weighted by Gasteiger charge is 2.46. The molecular weight excluding hydrogens is 414 g/mol. The highest BCUT2D eigenvalue weighted by Crippen LogP contribution is 2.41. The van der Waals surface area contributed by atoms with Crippen LogP contribution in [0.1, 0.15) is 29.8 Å². The van der Waals surface area contributed by atoms with Crippen molar-refractivity contribution in [2.24, 2.45) is 0 Å². The van der Waals surface area contributed by atoms with Crippen LogP contribution in [0.5, 0.6) is 5.75 Å². The quantitative estimate of drug-likeness (QED) is 0.329. The van der Waals surface area contributed by atoms with Gasteiger partial charge in [-0.25, -0.2) is 4.98 Å². The molecule has 1 saturated heterocycles. The van der Waals surface area contributed by atoms with Gasteiger partial charge in [0.15, 0.2) is 0 Å².